The van der Waals surface area contributed by atoms with Crippen molar-refractivity contribution in [2.75, 3.05) is 0 Å². The second-order valence-corrected chi connectivity index (χ2v) is 10.4. The predicted octanol–water partition coefficient (Wildman–Crippen LogP) is 3.60. The number of pyridine rings is 1. The average molecular weight is 243 g/mol. The summed E-state index contributed by atoms with van der Waals surface area (Å²) in [6.07, 6.45) is 1.92. The minimum absolute atomic E-state index is 0.700. The summed E-state index contributed by atoms with van der Waals surface area (Å²) in [5.74, 6) is 0. The van der Waals surface area contributed by atoms with Crippen LogP contribution in [0.4, 0.5) is 0 Å². The van der Waals surface area contributed by atoms with Gasteiger partial charge in [0.1, 0.15) is 0 Å². The van der Waals surface area contributed by atoms with Gasteiger partial charge < -0.3 is 0 Å². The fourth-order valence-electron chi connectivity index (χ4n) is 1.73. The number of hydrogen-bond donors (Lipinski definition) is 0. The van der Waals surface area contributed by atoms with E-state index in [1.54, 1.807) is 0 Å². The van der Waals surface area contributed by atoms with E-state index in [1.807, 2.05) is 42.6 Å². The lowest BCUT2D eigenvalue weighted by Gasteiger charge is -2.17. The normalized spacial score (nSPS) is 13.4. The van der Waals surface area contributed by atoms with Crippen molar-refractivity contribution in [1.82, 2.24) is 4.98 Å². The van der Waals surface area contributed by atoms with Crippen molar-refractivity contribution in [2.24, 2.45) is 0 Å². The molecule has 88 valence electrons. The molecule has 0 atom stereocenters. The topological polar surface area (TPSA) is 12.9 Å². The Morgan fingerprint density at radius 3 is 2.41 bits per heavy atom. The van der Waals surface area contributed by atoms with Crippen molar-refractivity contribution in [2.45, 2.75) is 26.5 Å². The molecule has 0 aliphatic carbocycles. The highest BCUT2D eigenvalue weighted by Gasteiger charge is 2.17. The Morgan fingerprint density at radius 1 is 1.12 bits per heavy atom. The second kappa shape index (κ2) is 4.45. The predicted molar refractivity (Wildman–Crippen MR) is 77.4 cm³/mol. The first-order valence-electron chi connectivity index (χ1n) is 6.95. The molecule has 0 aliphatic rings. The summed E-state index contributed by atoms with van der Waals surface area (Å²) in [6, 6.07) is 11.8. The average Bonchev–Trinajstić information content (AvgIpc) is 2.38. The number of hydrogen-bond acceptors (Lipinski definition) is 1. The molecule has 0 fully saturated rings. The van der Waals surface area contributed by atoms with Gasteiger partial charge in [0.15, 0.2) is 0 Å². The van der Waals surface area contributed by atoms with E-state index >= 15 is 0 Å². The first-order chi connectivity index (χ1) is 8.89. The fourth-order valence-corrected chi connectivity index (χ4v) is 2.77. The summed E-state index contributed by atoms with van der Waals surface area (Å²) in [6.45, 7) is 5.75. The SMILES string of the molecule is [2H]C([2H])c1cc([Si](C)(C)C)cnc1-c1ccccc1. The monoisotopic (exact) mass is 243 g/mol. The molecule has 0 aliphatic heterocycles. The summed E-state index contributed by atoms with van der Waals surface area (Å²) in [7, 11) is -1.46. The number of nitrogens with zero attached hydrogens (tertiary/aromatic N) is 1. The molecule has 0 unspecified atom stereocenters. The maximum absolute atomic E-state index is 7.75. The lowest BCUT2D eigenvalue weighted by Crippen LogP contribution is -2.38. The van der Waals surface area contributed by atoms with Crippen LogP contribution >= 0.6 is 0 Å². The third-order valence-electron chi connectivity index (χ3n) is 2.83. The van der Waals surface area contributed by atoms with Gasteiger partial charge in [0, 0.05) is 14.5 Å². The van der Waals surface area contributed by atoms with Gasteiger partial charge in [-0.15, -0.1) is 0 Å². The Kier molecular flexibility index (Phi) is 2.52. The third-order valence-corrected chi connectivity index (χ3v) is 4.84. The zero-order chi connectivity index (χ0) is 14.0. The molecular weight excluding hydrogens is 222 g/mol. The highest BCUT2D eigenvalue weighted by molar-refractivity contribution is 6.88. The van der Waals surface area contributed by atoms with E-state index < -0.39 is 14.9 Å². The van der Waals surface area contributed by atoms with Crippen molar-refractivity contribution < 1.29 is 2.74 Å². The molecule has 1 aromatic carbocycles. The number of aromatic nitrogens is 1. The Bertz CT molecular complexity index is 562. The van der Waals surface area contributed by atoms with Crippen molar-refractivity contribution in [1.29, 1.82) is 0 Å². The molecule has 1 nitrogen and oxygen atoms in total. The van der Waals surface area contributed by atoms with Crippen LogP contribution in [0.15, 0.2) is 42.6 Å². The molecule has 0 spiro atoms. The van der Waals surface area contributed by atoms with Gasteiger partial charge in [0.2, 0.25) is 0 Å². The lowest BCUT2D eigenvalue weighted by molar-refractivity contribution is 1.28. The van der Waals surface area contributed by atoms with E-state index in [0.717, 1.165) is 11.3 Å². The summed E-state index contributed by atoms with van der Waals surface area (Å²) < 4.78 is 15.5. The van der Waals surface area contributed by atoms with Gasteiger partial charge in [-0.05, 0) is 17.6 Å². The fraction of sp³-hybridized carbons (Fsp3) is 0.267. The van der Waals surface area contributed by atoms with Crippen LogP contribution in [0.3, 0.4) is 0 Å². The summed E-state index contributed by atoms with van der Waals surface area (Å²) in [4.78, 5) is 4.53. The molecule has 0 saturated heterocycles. The molecule has 0 saturated carbocycles. The molecule has 2 heteroatoms. The maximum atomic E-state index is 7.75. The van der Waals surface area contributed by atoms with Crippen molar-refractivity contribution in [3.8, 4) is 11.3 Å². The molecule has 17 heavy (non-hydrogen) atoms. The first kappa shape index (κ1) is 9.60. The Morgan fingerprint density at radius 2 is 1.82 bits per heavy atom. The third kappa shape index (κ3) is 2.64. The molecule has 1 heterocycles. The molecule has 2 aromatic rings. The number of aryl methyl sites for hydroxylation is 1. The van der Waals surface area contributed by atoms with Crippen molar-refractivity contribution in [3.63, 3.8) is 0 Å². The Hall–Kier alpha value is -1.41. The van der Waals surface area contributed by atoms with Crippen LogP contribution in [0.5, 0.6) is 0 Å². The van der Waals surface area contributed by atoms with Gasteiger partial charge in [-0.1, -0.05) is 56.0 Å². The quantitative estimate of drug-likeness (QED) is 0.734. The van der Waals surface area contributed by atoms with Crippen LogP contribution in [0.25, 0.3) is 11.3 Å². The zero-order valence-electron chi connectivity index (χ0n) is 12.6. The van der Waals surface area contributed by atoms with E-state index in [9.17, 15) is 0 Å². The molecule has 0 N–H and O–H groups in total. The van der Waals surface area contributed by atoms with E-state index in [0.29, 0.717) is 5.56 Å². The van der Waals surface area contributed by atoms with Gasteiger partial charge in [-0.25, -0.2) is 0 Å². The number of rotatable bonds is 2. The smallest absolute Gasteiger partial charge is 0.0796 e. The zero-order valence-corrected chi connectivity index (χ0v) is 11.6. The summed E-state index contributed by atoms with van der Waals surface area (Å²) >= 11 is 0. The maximum Gasteiger partial charge on any atom is 0.0796 e. The van der Waals surface area contributed by atoms with E-state index in [-0.39, 0.29) is 0 Å². The van der Waals surface area contributed by atoms with E-state index in [1.165, 1.54) is 5.19 Å². The van der Waals surface area contributed by atoms with Crippen LogP contribution < -0.4 is 5.19 Å². The van der Waals surface area contributed by atoms with Gasteiger partial charge in [0.25, 0.3) is 0 Å². The summed E-state index contributed by atoms with van der Waals surface area (Å²) in [5, 5.41) is 1.20. The second-order valence-electron chi connectivity index (χ2n) is 5.28. The standard InChI is InChI=1S/C15H19NSi/c1-12-10-14(17(2,3)4)11-16-15(12)13-8-6-5-7-9-13/h5-11H,1-4H3/i1D2. The molecule has 1 aromatic heterocycles. The Labute approximate surface area is 107 Å². The minimum atomic E-state index is -1.46. The van der Waals surface area contributed by atoms with Crippen LogP contribution in [0, 0.1) is 6.88 Å². The van der Waals surface area contributed by atoms with Gasteiger partial charge in [0.05, 0.1) is 13.8 Å². The van der Waals surface area contributed by atoms with Crippen LogP contribution in [0.1, 0.15) is 8.30 Å². The highest BCUT2D eigenvalue weighted by atomic mass is 28.3. The summed E-state index contributed by atoms with van der Waals surface area (Å²) in [5.41, 5.74) is 2.44. The molecule has 0 bridgehead atoms. The van der Waals surface area contributed by atoms with Gasteiger partial charge in [-0.2, -0.15) is 0 Å². The van der Waals surface area contributed by atoms with Crippen molar-refractivity contribution in [3.05, 3.63) is 48.2 Å². The van der Waals surface area contributed by atoms with Crippen LogP contribution in [-0.4, -0.2) is 13.1 Å². The van der Waals surface area contributed by atoms with E-state index in [4.69, 9.17) is 2.74 Å². The molecule has 0 amide bonds. The largest absolute Gasteiger partial charge is 0.256 e. The van der Waals surface area contributed by atoms with Crippen molar-refractivity contribution >= 4 is 13.3 Å². The molecular formula is C15H19NSi. The van der Waals surface area contributed by atoms with Crippen LogP contribution in [-0.2, 0) is 0 Å². The highest BCUT2D eigenvalue weighted by Crippen LogP contribution is 2.19. The molecule has 0 radical (unpaired) electrons. The minimum Gasteiger partial charge on any atom is -0.256 e. The van der Waals surface area contributed by atoms with E-state index in [2.05, 4.69) is 24.6 Å². The lowest BCUT2D eigenvalue weighted by atomic mass is 10.1. The van der Waals surface area contributed by atoms with Gasteiger partial charge in [-0.3, -0.25) is 4.98 Å². The molecule has 2 rings (SSSR count). The number of benzene rings is 1. The van der Waals surface area contributed by atoms with Crippen LogP contribution in [0.2, 0.25) is 19.6 Å². The first-order valence-corrected chi connectivity index (χ1v) is 9.30. The Balaban J connectivity index is 2.57. The van der Waals surface area contributed by atoms with Gasteiger partial charge >= 0.3 is 0 Å².